The zero-order chi connectivity index (χ0) is 9.97. The number of rotatable bonds is 2. The third kappa shape index (κ3) is 2.10. The second-order valence-corrected chi connectivity index (χ2v) is 4.56. The van der Waals surface area contributed by atoms with Crippen molar-refractivity contribution in [1.29, 1.82) is 0 Å². The van der Waals surface area contributed by atoms with Crippen LogP contribution in [0.25, 0.3) is 0 Å². The maximum Gasteiger partial charge on any atom is 0.0710 e. The highest BCUT2D eigenvalue weighted by atomic mass is 16.5. The Kier molecular flexibility index (Phi) is 3.42. The minimum Gasteiger partial charge on any atom is -0.391 e. The van der Waals surface area contributed by atoms with E-state index in [-0.39, 0.29) is 6.10 Å². The summed E-state index contributed by atoms with van der Waals surface area (Å²) in [4.78, 5) is 2.41. The fraction of sp³-hybridized carbons (Fsp3) is 1.00. The van der Waals surface area contributed by atoms with Crippen molar-refractivity contribution in [2.75, 3.05) is 20.2 Å². The highest BCUT2D eigenvalue weighted by Gasteiger charge is 2.33. The molecule has 0 radical (unpaired) electrons. The molecule has 3 heteroatoms. The van der Waals surface area contributed by atoms with Gasteiger partial charge in [0.25, 0.3) is 0 Å². The topological polar surface area (TPSA) is 32.7 Å². The first-order chi connectivity index (χ1) is 6.81. The van der Waals surface area contributed by atoms with E-state index in [0.717, 1.165) is 32.4 Å². The fourth-order valence-corrected chi connectivity index (χ4v) is 2.77. The summed E-state index contributed by atoms with van der Waals surface area (Å²) in [6, 6.07) is 0.406. The zero-order valence-electron chi connectivity index (χ0n) is 8.98. The van der Waals surface area contributed by atoms with E-state index in [1.165, 1.54) is 12.8 Å². The highest BCUT2D eigenvalue weighted by Crippen LogP contribution is 2.26. The average molecular weight is 199 g/mol. The number of hydrogen-bond donors (Lipinski definition) is 1. The molecule has 14 heavy (non-hydrogen) atoms. The minimum atomic E-state index is -0.0978. The third-order valence-electron chi connectivity index (χ3n) is 3.67. The molecule has 1 aliphatic carbocycles. The lowest BCUT2D eigenvalue weighted by Crippen LogP contribution is -2.44. The zero-order valence-corrected chi connectivity index (χ0v) is 8.98. The summed E-state index contributed by atoms with van der Waals surface area (Å²) in [5, 5.41) is 9.91. The van der Waals surface area contributed by atoms with E-state index in [9.17, 15) is 5.11 Å². The number of aliphatic hydroxyl groups excluding tert-OH is 1. The number of aliphatic hydroxyl groups is 1. The molecule has 1 saturated carbocycles. The van der Waals surface area contributed by atoms with Crippen LogP contribution in [0.1, 0.15) is 32.1 Å². The number of likely N-dealkylation sites (tertiary alicyclic amines) is 1. The highest BCUT2D eigenvalue weighted by molar-refractivity contribution is 4.88. The molecule has 2 rings (SSSR count). The van der Waals surface area contributed by atoms with Gasteiger partial charge in [-0.25, -0.2) is 0 Å². The molecule has 0 amide bonds. The van der Waals surface area contributed by atoms with E-state index < -0.39 is 0 Å². The first-order valence-corrected chi connectivity index (χ1v) is 5.76. The van der Waals surface area contributed by atoms with Crippen LogP contribution in [-0.4, -0.2) is 48.5 Å². The minimum absolute atomic E-state index is 0.0978. The van der Waals surface area contributed by atoms with E-state index in [1.807, 2.05) is 0 Å². The first-order valence-electron chi connectivity index (χ1n) is 5.76. The Hall–Kier alpha value is -0.120. The van der Waals surface area contributed by atoms with Crippen LogP contribution in [0.5, 0.6) is 0 Å². The molecule has 0 aromatic heterocycles. The van der Waals surface area contributed by atoms with Gasteiger partial charge in [0.2, 0.25) is 0 Å². The van der Waals surface area contributed by atoms with E-state index >= 15 is 0 Å². The predicted molar refractivity (Wildman–Crippen MR) is 55.2 cm³/mol. The number of nitrogens with zero attached hydrogens (tertiary/aromatic N) is 1. The Labute approximate surface area is 86.0 Å². The van der Waals surface area contributed by atoms with Crippen LogP contribution in [-0.2, 0) is 4.74 Å². The Morgan fingerprint density at radius 3 is 2.64 bits per heavy atom. The lowest BCUT2D eigenvalue weighted by atomic mass is 9.91. The molecular weight excluding hydrogens is 178 g/mol. The van der Waals surface area contributed by atoms with E-state index in [2.05, 4.69) is 4.90 Å². The van der Waals surface area contributed by atoms with Crippen molar-refractivity contribution in [3.63, 3.8) is 0 Å². The molecule has 1 aliphatic heterocycles. The summed E-state index contributed by atoms with van der Waals surface area (Å²) in [5.41, 5.74) is 0. The fourth-order valence-electron chi connectivity index (χ4n) is 2.77. The van der Waals surface area contributed by atoms with Crippen molar-refractivity contribution < 1.29 is 9.84 Å². The van der Waals surface area contributed by atoms with E-state index in [0.29, 0.717) is 12.1 Å². The SMILES string of the molecule is COC1CCN([C@@H]2CCCC[C@H]2O)C1. The molecule has 82 valence electrons. The van der Waals surface area contributed by atoms with Gasteiger partial charge in [0.1, 0.15) is 0 Å². The molecular formula is C11H21NO2. The van der Waals surface area contributed by atoms with Gasteiger partial charge in [-0.05, 0) is 19.3 Å². The van der Waals surface area contributed by atoms with Crippen molar-refractivity contribution in [1.82, 2.24) is 4.90 Å². The van der Waals surface area contributed by atoms with E-state index in [1.54, 1.807) is 7.11 Å². The normalized spacial score (nSPS) is 40.3. The monoisotopic (exact) mass is 199 g/mol. The van der Waals surface area contributed by atoms with Gasteiger partial charge in [-0.2, -0.15) is 0 Å². The third-order valence-corrected chi connectivity index (χ3v) is 3.67. The molecule has 1 heterocycles. The van der Waals surface area contributed by atoms with Crippen molar-refractivity contribution in [3.8, 4) is 0 Å². The maximum atomic E-state index is 9.91. The Morgan fingerprint density at radius 1 is 1.21 bits per heavy atom. The first kappa shape index (κ1) is 10.4. The van der Waals surface area contributed by atoms with Gasteiger partial charge in [-0.15, -0.1) is 0 Å². The quantitative estimate of drug-likeness (QED) is 0.720. The van der Waals surface area contributed by atoms with Crippen LogP contribution < -0.4 is 0 Å². The number of methoxy groups -OCH3 is 1. The van der Waals surface area contributed by atoms with Crippen molar-refractivity contribution >= 4 is 0 Å². The molecule has 3 nitrogen and oxygen atoms in total. The second kappa shape index (κ2) is 4.60. The molecule has 2 aliphatic rings. The van der Waals surface area contributed by atoms with Crippen LogP contribution >= 0.6 is 0 Å². The molecule has 1 N–H and O–H groups in total. The maximum absolute atomic E-state index is 9.91. The molecule has 0 bridgehead atoms. The van der Waals surface area contributed by atoms with Crippen LogP contribution in [0.2, 0.25) is 0 Å². The summed E-state index contributed by atoms with van der Waals surface area (Å²) >= 11 is 0. The van der Waals surface area contributed by atoms with Gasteiger partial charge in [-0.3, -0.25) is 4.90 Å². The lowest BCUT2D eigenvalue weighted by molar-refractivity contribution is 0.0212. The van der Waals surface area contributed by atoms with Crippen LogP contribution in [0, 0.1) is 0 Å². The van der Waals surface area contributed by atoms with Gasteiger partial charge in [-0.1, -0.05) is 12.8 Å². The molecule has 0 aromatic rings. The summed E-state index contributed by atoms with van der Waals surface area (Å²) in [7, 11) is 1.78. The summed E-state index contributed by atoms with van der Waals surface area (Å²) in [6.45, 7) is 2.11. The molecule has 0 aromatic carbocycles. The lowest BCUT2D eigenvalue weighted by Gasteiger charge is -2.35. The molecule has 0 spiro atoms. The van der Waals surface area contributed by atoms with Gasteiger partial charge in [0.05, 0.1) is 12.2 Å². The molecule has 3 atom stereocenters. The van der Waals surface area contributed by atoms with Crippen molar-refractivity contribution in [2.24, 2.45) is 0 Å². The molecule has 1 saturated heterocycles. The Morgan fingerprint density at radius 2 is 2.00 bits per heavy atom. The van der Waals surface area contributed by atoms with Gasteiger partial charge < -0.3 is 9.84 Å². The second-order valence-electron chi connectivity index (χ2n) is 4.56. The van der Waals surface area contributed by atoms with Crippen LogP contribution in [0.4, 0.5) is 0 Å². The van der Waals surface area contributed by atoms with E-state index in [4.69, 9.17) is 4.74 Å². The molecule has 2 fully saturated rings. The summed E-state index contributed by atoms with van der Waals surface area (Å²) in [6.07, 6.45) is 6.04. The number of ether oxygens (including phenoxy) is 1. The summed E-state index contributed by atoms with van der Waals surface area (Å²) in [5.74, 6) is 0. The largest absolute Gasteiger partial charge is 0.391 e. The van der Waals surface area contributed by atoms with Crippen molar-refractivity contribution in [3.05, 3.63) is 0 Å². The Bertz CT molecular complexity index is 186. The number of hydrogen-bond acceptors (Lipinski definition) is 3. The standard InChI is InChI=1S/C11H21NO2/c1-14-9-6-7-12(8-9)10-4-2-3-5-11(10)13/h9-11,13H,2-8H2,1H3/t9?,10-,11-/m1/s1. The smallest absolute Gasteiger partial charge is 0.0710 e. The predicted octanol–water partition coefficient (Wildman–Crippen LogP) is 1.01. The average Bonchev–Trinajstić information content (AvgIpc) is 2.67. The van der Waals surface area contributed by atoms with Gasteiger partial charge in [0.15, 0.2) is 0 Å². The summed E-state index contributed by atoms with van der Waals surface area (Å²) < 4.78 is 5.34. The van der Waals surface area contributed by atoms with Gasteiger partial charge >= 0.3 is 0 Å². The van der Waals surface area contributed by atoms with Gasteiger partial charge in [0, 0.05) is 26.2 Å². The molecule has 1 unspecified atom stereocenters. The van der Waals surface area contributed by atoms with Crippen LogP contribution in [0.15, 0.2) is 0 Å². The van der Waals surface area contributed by atoms with Crippen molar-refractivity contribution in [2.45, 2.75) is 50.4 Å². The Balaban J connectivity index is 1.88. The van der Waals surface area contributed by atoms with Crippen LogP contribution in [0.3, 0.4) is 0 Å².